The molecule has 2 N–H and O–H groups in total. The number of aromatic nitrogens is 2. The van der Waals surface area contributed by atoms with Gasteiger partial charge < -0.3 is 19.5 Å². The number of hydrogen-bond acceptors (Lipinski definition) is 11. The predicted molar refractivity (Wildman–Crippen MR) is 127 cm³/mol. The molecule has 12 nitrogen and oxygen atoms in total. The average Bonchev–Trinajstić information content (AvgIpc) is 3.09. The van der Waals surface area contributed by atoms with Crippen LogP contribution in [0, 0.1) is 6.92 Å². The van der Waals surface area contributed by atoms with E-state index in [0.717, 1.165) is 12.5 Å². The smallest absolute Gasteiger partial charge is 0.346 e. The highest BCUT2D eigenvalue weighted by atomic mass is 35.5. The lowest BCUT2D eigenvalue weighted by atomic mass is 10.1. The molecule has 1 fully saturated rings. The van der Waals surface area contributed by atoms with Crippen LogP contribution < -0.4 is 11.0 Å². The molecule has 36 heavy (non-hydrogen) atoms. The van der Waals surface area contributed by atoms with E-state index in [-0.39, 0.29) is 10.7 Å². The summed E-state index contributed by atoms with van der Waals surface area (Å²) in [6.07, 6.45) is -2.49. The molecule has 3 rings (SSSR count). The molecule has 0 aliphatic carbocycles. The van der Waals surface area contributed by atoms with Crippen LogP contribution in [0.3, 0.4) is 0 Å². The summed E-state index contributed by atoms with van der Waals surface area (Å²) in [5.41, 5.74) is 1.67. The second-order valence-corrected chi connectivity index (χ2v) is 9.58. The highest BCUT2D eigenvalue weighted by Gasteiger charge is 2.51. The molecule has 4 atom stereocenters. The first-order chi connectivity index (χ1) is 17.0. The van der Waals surface area contributed by atoms with E-state index < -0.39 is 58.9 Å². The van der Waals surface area contributed by atoms with E-state index in [0.29, 0.717) is 5.56 Å². The van der Waals surface area contributed by atoms with Gasteiger partial charge in [-0.15, -0.1) is 0 Å². The minimum atomic E-state index is -4.36. The van der Waals surface area contributed by atoms with Crippen molar-refractivity contribution in [3.05, 3.63) is 57.6 Å². The van der Waals surface area contributed by atoms with Gasteiger partial charge in [0, 0.05) is 31.1 Å². The summed E-state index contributed by atoms with van der Waals surface area (Å²) < 4.78 is 47.8. The first-order valence-electron chi connectivity index (χ1n) is 10.6. The second kappa shape index (κ2) is 11.6. The number of rotatable bonds is 9. The number of nitrogens with one attached hydrogen (secondary N) is 2. The Morgan fingerprint density at radius 3 is 2.50 bits per heavy atom. The van der Waals surface area contributed by atoms with E-state index in [1.807, 2.05) is 0 Å². The number of benzene rings is 1. The number of anilines is 1. The van der Waals surface area contributed by atoms with Crippen LogP contribution in [0.1, 0.15) is 25.0 Å². The first-order valence-corrected chi connectivity index (χ1v) is 12.4. The van der Waals surface area contributed by atoms with Gasteiger partial charge in [-0.25, -0.2) is 9.78 Å². The van der Waals surface area contributed by atoms with Gasteiger partial charge in [-0.05, 0) is 25.1 Å². The molecular weight excluding hydrogens is 518 g/mol. The molecule has 2 aromatic rings. The van der Waals surface area contributed by atoms with Gasteiger partial charge in [0.2, 0.25) is 0 Å². The topological polar surface area (TPSA) is 163 Å². The maximum atomic E-state index is 13.0. The van der Waals surface area contributed by atoms with Crippen LogP contribution in [-0.2, 0) is 38.1 Å². The van der Waals surface area contributed by atoms with Crippen LogP contribution in [-0.4, -0.2) is 61.5 Å². The molecule has 0 unspecified atom stereocenters. The van der Waals surface area contributed by atoms with E-state index in [1.54, 1.807) is 19.1 Å². The first kappa shape index (κ1) is 27.3. The molecule has 1 aromatic carbocycles. The molecule has 0 spiro atoms. The molecule has 0 amide bonds. The Morgan fingerprint density at radius 1 is 1.19 bits per heavy atom. The zero-order chi connectivity index (χ0) is 26.5. The molecule has 0 bridgehead atoms. The number of ether oxygens (including phenoxy) is 3. The Kier molecular flexibility index (Phi) is 8.84. The lowest BCUT2D eigenvalue weighted by Crippen LogP contribution is -2.43. The predicted octanol–water partition coefficient (Wildman–Crippen LogP) is 1.69. The molecule has 194 valence electrons. The molecule has 1 aromatic heterocycles. The van der Waals surface area contributed by atoms with Gasteiger partial charge in [0.05, 0.1) is 4.90 Å². The standard InChI is InChI=1S/C22H24ClN3O9S/c1-12-4-6-16(7-5-12)36(30,31)35-18-17(11-32-13(2)27)34-21(19(18)33-14(3)28)25-20-15(8-9-23)10-24-22(29)26-20/h4-10,17-19,21H,11H2,1-3H3,(H2,24,25,26,29)/t17-,18+,19-,21-/m1/s1. The maximum Gasteiger partial charge on any atom is 0.346 e. The Bertz CT molecular complexity index is 1290. The van der Waals surface area contributed by atoms with E-state index in [1.165, 1.54) is 36.9 Å². The summed E-state index contributed by atoms with van der Waals surface area (Å²) in [4.78, 5) is 41.1. The third-order valence-electron chi connectivity index (χ3n) is 4.98. The quantitative estimate of drug-likeness (QED) is 0.350. The van der Waals surface area contributed by atoms with Crippen LogP contribution in [0.4, 0.5) is 5.82 Å². The molecular formula is C22H24ClN3O9S. The molecule has 1 saturated heterocycles. The van der Waals surface area contributed by atoms with Crippen LogP contribution in [0.2, 0.25) is 0 Å². The van der Waals surface area contributed by atoms with Crippen molar-refractivity contribution >= 4 is 45.6 Å². The summed E-state index contributed by atoms with van der Waals surface area (Å²) in [5, 5.41) is 2.85. The van der Waals surface area contributed by atoms with Crippen molar-refractivity contribution in [2.75, 3.05) is 11.9 Å². The maximum absolute atomic E-state index is 13.0. The van der Waals surface area contributed by atoms with Gasteiger partial charge in [0.15, 0.2) is 12.3 Å². The molecule has 14 heteroatoms. The summed E-state index contributed by atoms with van der Waals surface area (Å²) >= 11 is 5.66. The van der Waals surface area contributed by atoms with Crippen molar-refractivity contribution in [2.45, 2.75) is 50.2 Å². The van der Waals surface area contributed by atoms with Gasteiger partial charge in [-0.2, -0.15) is 8.42 Å². The number of carbonyl (C=O) groups excluding carboxylic acids is 2. The number of aromatic amines is 1. The Labute approximate surface area is 211 Å². The van der Waals surface area contributed by atoms with Crippen LogP contribution in [0.25, 0.3) is 6.08 Å². The van der Waals surface area contributed by atoms with Gasteiger partial charge >= 0.3 is 17.6 Å². The molecule has 1 aliphatic rings. The number of nitrogens with zero attached hydrogens (tertiary/aromatic N) is 1. The fraction of sp³-hybridized carbons (Fsp3) is 0.364. The van der Waals surface area contributed by atoms with E-state index in [2.05, 4.69) is 15.3 Å². The van der Waals surface area contributed by atoms with Crippen molar-refractivity contribution in [3.63, 3.8) is 0 Å². The van der Waals surface area contributed by atoms with E-state index >= 15 is 0 Å². The lowest BCUT2D eigenvalue weighted by Gasteiger charge is -2.24. The second-order valence-electron chi connectivity index (χ2n) is 7.76. The van der Waals surface area contributed by atoms with Gasteiger partial charge in [0.25, 0.3) is 10.1 Å². The minimum absolute atomic E-state index is 0.0994. The molecule has 2 heterocycles. The Hall–Kier alpha value is -3.26. The van der Waals surface area contributed by atoms with E-state index in [9.17, 15) is 22.8 Å². The number of H-pyrrole nitrogens is 1. The minimum Gasteiger partial charge on any atom is -0.463 e. The normalized spacial score (nSPS) is 21.9. The molecule has 1 aliphatic heterocycles. The van der Waals surface area contributed by atoms with Crippen LogP contribution in [0.15, 0.2) is 45.7 Å². The Morgan fingerprint density at radius 2 is 1.89 bits per heavy atom. The summed E-state index contributed by atoms with van der Waals surface area (Å²) in [5.74, 6) is -1.30. The Balaban J connectivity index is 1.99. The van der Waals surface area contributed by atoms with Crippen molar-refractivity contribution in [1.82, 2.24) is 9.97 Å². The number of hydrogen-bond donors (Lipinski definition) is 2. The van der Waals surface area contributed by atoms with Crippen LogP contribution >= 0.6 is 11.6 Å². The zero-order valence-electron chi connectivity index (χ0n) is 19.5. The summed E-state index contributed by atoms with van der Waals surface area (Å²) in [6, 6.07) is 5.92. The van der Waals surface area contributed by atoms with Crippen molar-refractivity contribution < 1.29 is 36.4 Å². The largest absolute Gasteiger partial charge is 0.463 e. The highest BCUT2D eigenvalue weighted by molar-refractivity contribution is 7.86. The number of aryl methyl sites for hydroxylation is 1. The summed E-state index contributed by atoms with van der Waals surface area (Å²) in [6.45, 7) is 3.68. The van der Waals surface area contributed by atoms with Crippen molar-refractivity contribution in [3.8, 4) is 0 Å². The van der Waals surface area contributed by atoms with E-state index in [4.69, 9.17) is 30.0 Å². The monoisotopic (exact) mass is 541 g/mol. The molecule has 0 radical (unpaired) electrons. The number of esters is 2. The third kappa shape index (κ3) is 6.91. The van der Waals surface area contributed by atoms with Gasteiger partial charge in [-0.3, -0.25) is 18.8 Å². The van der Waals surface area contributed by atoms with Gasteiger partial charge in [-0.1, -0.05) is 29.3 Å². The average molecular weight is 542 g/mol. The summed E-state index contributed by atoms with van der Waals surface area (Å²) in [7, 11) is -4.36. The lowest BCUT2D eigenvalue weighted by molar-refractivity contribution is -0.151. The van der Waals surface area contributed by atoms with Crippen LogP contribution in [0.5, 0.6) is 0 Å². The third-order valence-corrected chi connectivity index (χ3v) is 6.43. The fourth-order valence-electron chi connectivity index (χ4n) is 3.38. The zero-order valence-corrected chi connectivity index (χ0v) is 21.0. The van der Waals surface area contributed by atoms with Crippen molar-refractivity contribution in [2.24, 2.45) is 0 Å². The number of carbonyl (C=O) groups is 2. The highest BCUT2D eigenvalue weighted by Crippen LogP contribution is 2.31. The molecule has 0 saturated carbocycles. The SMILES string of the molecule is CC(=O)OC[C@H]1O[C@@H](Nc2[nH]c(=O)ncc2C=CCl)[C@H](OC(C)=O)[C@H]1OS(=O)(=O)c1ccc(C)cc1. The fourth-order valence-corrected chi connectivity index (χ4v) is 4.62. The number of halogens is 1. The van der Waals surface area contributed by atoms with Crippen molar-refractivity contribution in [1.29, 1.82) is 0 Å². The van der Waals surface area contributed by atoms with Gasteiger partial charge in [0.1, 0.15) is 24.6 Å².